The number of piperazine rings is 1. The van der Waals surface area contributed by atoms with E-state index in [0.29, 0.717) is 28.3 Å². The van der Waals surface area contributed by atoms with E-state index in [-0.39, 0.29) is 5.91 Å². The van der Waals surface area contributed by atoms with E-state index < -0.39 is 6.03 Å². The van der Waals surface area contributed by atoms with Crippen molar-refractivity contribution in [1.29, 1.82) is 0 Å². The molecule has 0 radical (unpaired) electrons. The van der Waals surface area contributed by atoms with Crippen molar-refractivity contribution in [2.45, 2.75) is 0 Å². The van der Waals surface area contributed by atoms with Crippen LogP contribution in [0.1, 0.15) is 10.4 Å². The van der Waals surface area contributed by atoms with Crippen LogP contribution in [0.5, 0.6) is 0 Å². The van der Waals surface area contributed by atoms with Gasteiger partial charge < -0.3 is 20.4 Å². The zero-order chi connectivity index (χ0) is 25.8. The summed E-state index contributed by atoms with van der Waals surface area (Å²) in [5.41, 5.74) is 4.25. The Balaban J connectivity index is 1.36. The summed E-state index contributed by atoms with van der Waals surface area (Å²) in [4.78, 5) is 29.7. The number of aromatic nitrogens is 4. The second-order valence-electron chi connectivity index (χ2n) is 8.76. The molecule has 4 aromatic rings. The number of tetrazole rings is 1. The van der Waals surface area contributed by atoms with Crippen LogP contribution >= 0.6 is 15.9 Å². The molecule has 188 valence electrons. The predicted molar refractivity (Wildman–Crippen MR) is 145 cm³/mol. The van der Waals surface area contributed by atoms with Gasteiger partial charge >= 0.3 is 6.03 Å². The Hall–Kier alpha value is -4.09. The van der Waals surface area contributed by atoms with E-state index in [4.69, 9.17) is 0 Å². The number of anilines is 2. The van der Waals surface area contributed by atoms with E-state index >= 15 is 0 Å². The Kier molecular flexibility index (Phi) is 7.24. The number of halogens is 1. The lowest BCUT2D eigenvalue weighted by atomic mass is 10.00. The molecule has 37 heavy (non-hydrogen) atoms. The van der Waals surface area contributed by atoms with Gasteiger partial charge in [-0.1, -0.05) is 40.2 Å². The van der Waals surface area contributed by atoms with Gasteiger partial charge in [0.2, 0.25) is 5.82 Å². The molecule has 10 nitrogen and oxygen atoms in total. The Morgan fingerprint density at radius 3 is 2.38 bits per heavy atom. The second-order valence-corrected chi connectivity index (χ2v) is 9.67. The van der Waals surface area contributed by atoms with Crippen LogP contribution in [0.15, 0.2) is 71.2 Å². The molecular formula is C26H25BrN8O2. The van der Waals surface area contributed by atoms with Crippen LogP contribution < -0.4 is 10.6 Å². The molecule has 0 spiro atoms. The van der Waals surface area contributed by atoms with Crippen molar-refractivity contribution in [3.05, 3.63) is 76.8 Å². The zero-order valence-electron chi connectivity index (χ0n) is 20.1. The third kappa shape index (κ3) is 5.84. The molecule has 2 heterocycles. The number of carbonyl (C=O) groups excluding carboxylic acids is 2. The Morgan fingerprint density at radius 2 is 1.68 bits per heavy atom. The summed E-state index contributed by atoms with van der Waals surface area (Å²) in [5.74, 6) is 0.393. The fourth-order valence-electron chi connectivity index (χ4n) is 4.14. The maximum atomic E-state index is 12.9. The third-order valence-corrected chi connectivity index (χ3v) is 6.69. The van der Waals surface area contributed by atoms with Crippen LogP contribution in [0.4, 0.5) is 16.2 Å². The van der Waals surface area contributed by atoms with Gasteiger partial charge in [0, 0.05) is 47.5 Å². The molecule has 11 heteroatoms. The van der Waals surface area contributed by atoms with Crippen LogP contribution in [0.3, 0.4) is 0 Å². The standard InChI is InChI=1S/C26H25BrN8O2/c1-34-11-13-35(14-12-34)25(36)18-7-5-17(6-8-18)19-9-10-23(22(15-19)24-30-32-33-31-24)29-26(37)28-21-4-2-3-20(27)16-21/h2-10,15-16H,11-14H2,1H3,(H2,28,29,37)(H,30,31,32,33). The van der Waals surface area contributed by atoms with Gasteiger partial charge in [-0.2, -0.15) is 5.21 Å². The van der Waals surface area contributed by atoms with Gasteiger partial charge in [-0.15, -0.1) is 10.2 Å². The fourth-order valence-corrected chi connectivity index (χ4v) is 4.54. The molecule has 3 aromatic carbocycles. The van der Waals surface area contributed by atoms with Crippen molar-refractivity contribution in [2.24, 2.45) is 0 Å². The first-order chi connectivity index (χ1) is 18.0. The number of carbonyl (C=O) groups is 2. The van der Waals surface area contributed by atoms with Gasteiger partial charge in [-0.05, 0) is 65.9 Å². The van der Waals surface area contributed by atoms with E-state index in [1.807, 2.05) is 53.4 Å². The number of urea groups is 1. The summed E-state index contributed by atoms with van der Waals surface area (Å²) in [5, 5.41) is 20.0. The lowest BCUT2D eigenvalue weighted by molar-refractivity contribution is 0.0664. The van der Waals surface area contributed by atoms with Crippen molar-refractivity contribution in [1.82, 2.24) is 30.4 Å². The topological polar surface area (TPSA) is 119 Å². The molecule has 0 aliphatic carbocycles. The molecule has 3 N–H and O–H groups in total. The maximum absolute atomic E-state index is 12.9. The first kappa shape index (κ1) is 24.6. The number of rotatable bonds is 5. The number of nitrogens with one attached hydrogen (secondary N) is 3. The van der Waals surface area contributed by atoms with Crippen LogP contribution in [0.2, 0.25) is 0 Å². The highest BCUT2D eigenvalue weighted by Gasteiger charge is 2.20. The predicted octanol–water partition coefficient (Wildman–Crippen LogP) is 4.33. The fraction of sp³-hybridized carbons (Fsp3) is 0.192. The van der Waals surface area contributed by atoms with E-state index in [2.05, 4.69) is 59.1 Å². The summed E-state index contributed by atoms with van der Waals surface area (Å²) in [7, 11) is 2.06. The first-order valence-electron chi connectivity index (χ1n) is 11.8. The van der Waals surface area contributed by atoms with E-state index in [0.717, 1.165) is 41.8 Å². The molecule has 1 saturated heterocycles. The monoisotopic (exact) mass is 560 g/mol. The molecule has 1 aromatic heterocycles. The summed E-state index contributed by atoms with van der Waals surface area (Å²) in [6, 6.07) is 20.0. The number of likely N-dealkylation sites (N-methyl/N-ethyl adjacent to an activating group) is 1. The van der Waals surface area contributed by atoms with Crippen LogP contribution in [0, 0.1) is 0 Å². The zero-order valence-corrected chi connectivity index (χ0v) is 21.7. The molecule has 0 unspecified atom stereocenters. The van der Waals surface area contributed by atoms with E-state index in [1.165, 1.54) is 0 Å². The van der Waals surface area contributed by atoms with Crippen molar-refractivity contribution >= 4 is 39.2 Å². The average Bonchev–Trinajstić information content (AvgIpc) is 3.44. The summed E-state index contributed by atoms with van der Waals surface area (Å²) in [6.07, 6.45) is 0. The normalized spacial score (nSPS) is 13.8. The molecule has 0 atom stereocenters. The minimum atomic E-state index is -0.401. The maximum Gasteiger partial charge on any atom is 0.323 e. The molecular weight excluding hydrogens is 536 g/mol. The number of amides is 3. The molecule has 1 aliphatic heterocycles. The third-order valence-electron chi connectivity index (χ3n) is 6.19. The van der Waals surface area contributed by atoms with Gasteiger partial charge in [0.05, 0.1) is 5.69 Å². The lowest BCUT2D eigenvalue weighted by Gasteiger charge is -2.32. The number of nitrogens with zero attached hydrogens (tertiary/aromatic N) is 5. The van der Waals surface area contributed by atoms with Crippen molar-refractivity contribution in [2.75, 3.05) is 43.9 Å². The summed E-state index contributed by atoms with van der Waals surface area (Å²) >= 11 is 3.40. The molecule has 0 bridgehead atoms. The minimum absolute atomic E-state index is 0.0446. The summed E-state index contributed by atoms with van der Waals surface area (Å²) < 4.78 is 0.860. The number of hydrogen-bond acceptors (Lipinski definition) is 6. The van der Waals surface area contributed by atoms with Crippen molar-refractivity contribution in [3.63, 3.8) is 0 Å². The Labute approximate surface area is 222 Å². The van der Waals surface area contributed by atoms with Gasteiger partial charge in [-0.25, -0.2) is 4.79 Å². The highest BCUT2D eigenvalue weighted by atomic mass is 79.9. The molecule has 1 fully saturated rings. The van der Waals surface area contributed by atoms with Gasteiger partial charge in [-0.3, -0.25) is 4.79 Å². The lowest BCUT2D eigenvalue weighted by Crippen LogP contribution is -2.47. The van der Waals surface area contributed by atoms with Gasteiger partial charge in [0.1, 0.15) is 0 Å². The quantitative estimate of drug-likeness (QED) is 0.334. The van der Waals surface area contributed by atoms with E-state index in [1.54, 1.807) is 18.2 Å². The number of aromatic amines is 1. The molecule has 5 rings (SSSR count). The Morgan fingerprint density at radius 1 is 0.919 bits per heavy atom. The van der Waals surface area contributed by atoms with Crippen LogP contribution in [-0.2, 0) is 0 Å². The van der Waals surface area contributed by atoms with Crippen LogP contribution in [-0.4, -0.2) is 75.6 Å². The van der Waals surface area contributed by atoms with Crippen molar-refractivity contribution in [3.8, 4) is 22.5 Å². The SMILES string of the molecule is CN1CCN(C(=O)c2ccc(-c3ccc(NC(=O)Nc4cccc(Br)c4)c(-c4nn[nH]n4)c3)cc2)CC1. The largest absolute Gasteiger partial charge is 0.336 e. The van der Waals surface area contributed by atoms with Gasteiger partial charge in [0.15, 0.2) is 0 Å². The number of H-pyrrole nitrogens is 1. The summed E-state index contributed by atoms with van der Waals surface area (Å²) in [6.45, 7) is 3.22. The minimum Gasteiger partial charge on any atom is -0.336 e. The van der Waals surface area contributed by atoms with Gasteiger partial charge in [0.25, 0.3) is 5.91 Å². The highest BCUT2D eigenvalue weighted by Crippen LogP contribution is 2.31. The number of benzene rings is 3. The molecule has 3 amide bonds. The van der Waals surface area contributed by atoms with Crippen molar-refractivity contribution < 1.29 is 9.59 Å². The Bertz CT molecular complexity index is 1400. The first-order valence-corrected chi connectivity index (χ1v) is 12.6. The molecule has 1 aliphatic rings. The smallest absolute Gasteiger partial charge is 0.323 e. The highest BCUT2D eigenvalue weighted by molar-refractivity contribution is 9.10. The molecule has 0 saturated carbocycles. The van der Waals surface area contributed by atoms with Crippen LogP contribution in [0.25, 0.3) is 22.5 Å². The number of hydrogen-bond donors (Lipinski definition) is 3. The average molecular weight is 561 g/mol. The van der Waals surface area contributed by atoms with E-state index in [9.17, 15) is 9.59 Å². The second kappa shape index (κ2) is 10.9.